The highest BCUT2D eigenvalue weighted by atomic mass is 127. The van der Waals surface area contributed by atoms with Gasteiger partial charge in [-0.1, -0.05) is 44.2 Å². The van der Waals surface area contributed by atoms with E-state index >= 15 is 0 Å². The lowest BCUT2D eigenvalue weighted by atomic mass is 9.45. The molecule has 45 heavy (non-hydrogen) atoms. The van der Waals surface area contributed by atoms with Crippen LogP contribution in [0.1, 0.15) is 55.5 Å². The van der Waals surface area contributed by atoms with Crippen LogP contribution < -0.4 is 14.8 Å². The molecule has 0 aliphatic heterocycles. The van der Waals surface area contributed by atoms with E-state index in [1.807, 2.05) is 52.9 Å². The van der Waals surface area contributed by atoms with Gasteiger partial charge in [0.05, 0.1) is 29.7 Å². The second kappa shape index (κ2) is 14.2. The van der Waals surface area contributed by atoms with Crippen molar-refractivity contribution >= 4 is 40.7 Å². The third kappa shape index (κ3) is 7.07. The summed E-state index contributed by atoms with van der Waals surface area (Å²) >= 11 is 2.05. The van der Waals surface area contributed by atoms with Crippen molar-refractivity contribution in [1.82, 2.24) is 10.2 Å². The highest BCUT2D eigenvalue weighted by molar-refractivity contribution is 14.1. The van der Waals surface area contributed by atoms with Crippen LogP contribution >= 0.6 is 22.6 Å². The number of carbonyl (C=O) groups excluding carboxylic acids is 3. The molecule has 2 bridgehead atoms. The van der Waals surface area contributed by atoms with E-state index in [4.69, 9.17) is 9.47 Å². The Balaban J connectivity index is 1.50. The fourth-order valence-corrected chi connectivity index (χ4v) is 8.32. The highest BCUT2D eigenvalue weighted by Crippen LogP contribution is 2.61. The molecule has 0 radical (unpaired) electrons. The number of fused-ring (bicyclic) bond motifs is 2. The van der Waals surface area contributed by atoms with Crippen molar-refractivity contribution in [2.24, 2.45) is 23.2 Å². The van der Waals surface area contributed by atoms with Crippen LogP contribution in [0.15, 0.2) is 54.1 Å². The Bertz CT molecular complexity index is 1430. The van der Waals surface area contributed by atoms with Gasteiger partial charge in [-0.15, -0.1) is 0 Å². The summed E-state index contributed by atoms with van der Waals surface area (Å²) in [4.78, 5) is 40.8. The predicted octanol–water partition coefficient (Wildman–Crippen LogP) is 4.17. The zero-order valence-electron chi connectivity index (χ0n) is 26.1. The molecule has 2 amide bonds. The van der Waals surface area contributed by atoms with E-state index in [0.717, 1.165) is 31.1 Å². The smallest absolute Gasteiger partial charge is 0.247 e. The minimum absolute atomic E-state index is 0.0739. The number of halogens is 1. The molecule has 0 heterocycles. The summed E-state index contributed by atoms with van der Waals surface area (Å²) in [5, 5.41) is 24.0. The molecule has 4 aliphatic rings. The molecule has 6 rings (SSSR count). The van der Waals surface area contributed by atoms with Crippen LogP contribution in [-0.4, -0.2) is 78.3 Å². The molecule has 10 heteroatoms. The topological polar surface area (TPSA) is 125 Å². The third-order valence-electron chi connectivity index (χ3n) is 10.2. The predicted molar refractivity (Wildman–Crippen MR) is 178 cm³/mol. The second-order valence-corrected chi connectivity index (χ2v) is 14.2. The summed E-state index contributed by atoms with van der Waals surface area (Å²) in [6, 6.07) is 12.0. The Hall–Kier alpha value is -2.96. The van der Waals surface area contributed by atoms with E-state index < -0.39 is 18.2 Å². The van der Waals surface area contributed by atoms with Crippen molar-refractivity contribution in [1.29, 1.82) is 0 Å². The molecule has 0 spiro atoms. The molecule has 9 nitrogen and oxygen atoms in total. The van der Waals surface area contributed by atoms with E-state index in [-0.39, 0.29) is 49.1 Å². The maximum Gasteiger partial charge on any atom is 0.247 e. The molecule has 3 saturated carbocycles. The maximum atomic E-state index is 14.2. The summed E-state index contributed by atoms with van der Waals surface area (Å²) in [6.45, 7) is 4.99. The number of aldehydes is 1. The van der Waals surface area contributed by atoms with Crippen LogP contribution in [-0.2, 0) is 16.0 Å². The number of hydrogen-bond donors (Lipinski definition) is 3. The number of methoxy groups -OCH3 is 1. The Labute approximate surface area is 278 Å². The first-order valence-electron chi connectivity index (χ1n) is 15.7. The number of amides is 2. The van der Waals surface area contributed by atoms with Gasteiger partial charge in [0.2, 0.25) is 11.8 Å². The quantitative estimate of drug-likeness (QED) is 0.221. The van der Waals surface area contributed by atoms with Crippen molar-refractivity contribution in [3.8, 4) is 11.5 Å². The van der Waals surface area contributed by atoms with E-state index in [1.54, 1.807) is 23.1 Å². The van der Waals surface area contributed by atoms with E-state index in [9.17, 15) is 24.6 Å². The van der Waals surface area contributed by atoms with Gasteiger partial charge in [0.1, 0.15) is 18.5 Å². The van der Waals surface area contributed by atoms with Crippen molar-refractivity contribution in [2.45, 2.75) is 64.2 Å². The first-order chi connectivity index (χ1) is 21.6. The monoisotopic (exact) mass is 730 g/mol. The second-order valence-electron chi connectivity index (χ2n) is 13.1. The number of rotatable bonds is 12. The van der Waals surface area contributed by atoms with Crippen LogP contribution in [0.3, 0.4) is 0 Å². The van der Waals surface area contributed by atoms with E-state index in [0.29, 0.717) is 44.6 Å². The standard InChI is InChI=1S/C35H43IN2O7/c1-35(2)25-10-9-23(26(35)18-25)19-38(31(41)15-21-7-5-4-6-8-21)28-16-24(34(43)37-11-12-39)17-29(32(28)42)45-33-27(36)13-22(20-40)14-30(33)44-3/h4-8,13-14,17,20,23,25-26,28-29,32,39,42H,9-12,15-16,18-19H2,1-3H3,(H,37,43)/t23-,25-,26-,28+,29-,32-/m0/s1. The van der Waals surface area contributed by atoms with Gasteiger partial charge in [-0.25, -0.2) is 0 Å². The maximum absolute atomic E-state index is 14.2. The molecule has 6 atom stereocenters. The summed E-state index contributed by atoms with van der Waals surface area (Å²) in [5.41, 5.74) is 1.87. The molecule has 0 unspecified atom stereocenters. The number of carbonyl (C=O) groups is 3. The molecule has 2 aromatic rings. The Morgan fingerprint density at radius 3 is 2.58 bits per heavy atom. The number of nitrogens with zero attached hydrogens (tertiary/aromatic N) is 1. The number of nitrogens with one attached hydrogen (secondary N) is 1. The lowest BCUT2D eigenvalue weighted by molar-refractivity contribution is -0.147. The van der Waals surface area contributed by atoms with Gasteiger partial charge in [0.15, 0.2) is 11.5 Å². The van der Waals surface area contributed by atoms with Crippen molar-refractivity contribution < 1.29 is 34.1 Å². The minimum Gasteiger partial charge on any atom is -0.493 e. The zero-order valence-corrected chi connectivity index (χ0v) is 28.2. The van der Waals surface area contributed by atoms with Crippen molar-refractivity contribution in [3.63, 3.8) is 0 Å². The van der Waals surface area contributed by atoms with Gasteiger partial charge in [0, 0.05) is 30.6 Å². The Morgan fingerprint density at radius 1 is 1.18 bits per heavy atom. The normalized spacial score (nSPS) is 26.6. The van der Waals surface area contributed by atoms with E-state index in [1.165, 1.54) is 7.11 Å². The van der Waals surface area contributed by atoms with Crippen molar-refractivity contribution in [2.75, 3.05) is 26.8 Å². The molecule has 0 aromatic heterocycles. The van der Waals surface area contributed by atoms with Crippen molar-refractivity contribution in [3.05, 3.63) is 68.8 Å². The van der Waals surface area contributed by atoms with E-state index in [2.05, 4.69) is 19.2 Å². The molecule has 2 aromatic carbocycles. The number of hydrogen-bond acceptors (Lipinski definition) is 7. The fourth-order valence-electron chi connectivity index (χ4n) is 7.57. The molecule has 3 fully saturated rings. The van der Waals surface area contributed by atoms with Crippen LogP contribution in [0.5, 0.6) is 11.5 Å². The summed E-state index contributed by atoms with van der Waals surface area (Å²) in [6.07, 6.45) is 3.78. The molecule has 4 aliphatic carbocycles. The average Bonchev–Trinajstić information content (AvgIpc) is 3.04. The highest BCUT2D eigenvalue weighted by Gasteiger charge is 2.55. The van der Waals surface area contributed by atoms with Gasteiger partial charge < -0.3 is 29.9 Å². The summed E-state index contributed by atoms with van der Waals surface area (Å²) < 4.78 is 12.5. The van der Waals surface area contributed by atoms with Gasteiger partial charge in [-0.05, 0) is 88.8 Å². The van der Waals surface area contributed by atoms with Crippen LogP contribution in [0.2, 0.25) is 0 Å². The van der Waals surface area contributed by atoms with Gasteiger partial charge in [0.25, 0.3) is 0 Å². The molecule has 0 saturated heterocycles. The van der Waals surface area contributed by atoms with Crippen LogP contribution in [0, 0.1) is 26.7 Å². The third-order valence-corrected chi connectivity index (χ3v) is 11.0. The zero-order chi connectivity index (χ0) is 32.3. The number of aliphatic hydroxyl groups is 2. The number of ether oxygens (including phenoxy) is 2. The molecule has 3 N–H and O–H groups in total. The minimum atomic E-state index is -1.16. The lowest BCUT2D eigenvalue weighted by Gasteiger charge is -2.61. The molecular weight excluding hydrogens is 687 g/mol. The molecule has 242 valence electrons. The average molecular weight is 731 g/mol. The first kappa shape index (κ1) is 33.4. The van der Waals surface area contributed by atoms with Gasteiger partial charge in [-0.3, -0.25) is 14.4 Å². The SMILES string of the molecule is COc1cc(C=O)cc(I)c1O[C@H]1C=C(C(=O)NCCO)C[C@@H](N(C[C@@H]2CC[C@H]3C[C@@H]2C3(C)C)C(=O)Cc2ccccc2)[C@@H]1O. The number of aliphatic hydroxyl groups excluding tert-OH is 2. The van der Waals surface area contributed by atoms with Crippen LogP contribution in [0.4, 0.5) is 0 Å². The summed E-state index contributed by atoms with van der Waals surface area (Å²) in [5.74, 6) is 1.63. The Morgan fingerprint density at radius 2 is 1.93 bits per heavy atom. The molecular formula is C35H43IN2O7. The van der Waals surface area contributed by atoms with Gasteiger partial charge in [-0.2, -0.15) is 0 Å². The first-order valence-corrected chi connectivity index (χ1v) is 16.8. The number of benzene rings is 2. The summed E-state index contributed by atoms with van der Waals surface area (Å²) in [7, 11) is 1.47. The lowest BCUT2D eigenvalue weighted by Crippen LogP contribution is -2.59. The van der Waals surface area contributed by atoms with Crippen LogP contribution in [0.25, 0.3) is 0 Å². The fraction of sp³-hybridized carbons (Fsp3) is 0.514. The largest absolute Gasteiger partial charge is 0.493 e. The van der Waals surface area contributed by atoms with Gasteiger partial charge >= 0.3 is 0 Å². The Kier molecular flexibility index (Phi) is 10.6.